The Morgan fingerprint density at radius 1 is 1.29 bits per heavy atom. The van der Waals surface area contributed by atoms with Crippen molar-refractivity contribution in [3.8, 4) is 0 Å². The molecule has 2 rings (SSSR count). The monoisotopic (exact) mass is 343 g/mol. The van der Waals surface area contributed by atoms with Crippen LogP contribution in [0.4, 0.5) is 0 Å². The van der Waals surface area contributed by atoms with Gasteiger partial charge in [0.2, 0.25) is 0 Å². The number of oxime groups is 1. The van der Waals surface area contributed by atoms with Gasteiger partial charge < -0.3 is 4.84 Å². The first-order chi connectivity index (χ1) is 8.31. The van der Waals surface area contributed by atoms with E-state index in [0.29, 0.717) is 6.61 Å². The van der Waals surface area contributed by atoms with Gasteiger partial charge in [0, 0.05) is 10.3 Å². The van der Waals surface area contributed by atoms with E-state index in [9.17, 15) is 0 Å². The van der Waals surface area contributed by atoms with Crippen molar-refractivity contribution < 1.29 is 4.84 Å². The van der Waals surface area contributed by atoms with E-state index in [0.717, 1.165) is 5.92 Å². The number of benzene rings is 1. The van der Waals surface area contributed by atoms with E-state index < -0.39 is 0 Å². The van der Waals surface area contributed by atoms with Gasteiger partial charge in [-0.25, -0.2) is 0 Å². The van der Waals surface area contributed by atoms with Gasteiger partial charge >= 0.3 is 0 Å². The van der Waals surface area contributed by atoms with Crippen LogP contribution < -0.4 is 0 Å². The second kappa shape index (κ2) is 6.38. The summed E-state index contributed by atoms with van der Waals surface area (Å²) >= 11 is 2.44. The van der Waals surface area contributed by atoms with Gasteiger partial charge in [0.15, 0.2) is 0 Å². The average molecular weight is 343 g/mol. The summed E-state index contributed by atoms with van der Waals surface area (Å²) in [6, 6.07) is 6.62. The summed E-state index contributed by atoms with van der Waals surface area (Å²) in [5, 5.41) is 3.42. The maximum absolute atomic E-state index is 4.97. The number of halogens is 1. The minimum Gasteiger partial charge on any atom is -0.391 e. The third kappa shape index (κ3) is 3.44. The lowest BCUT2D eigenvalue weighted by molar-refractivity contribution is 0.133. The summed E-state index contributed by atoms with van der Waals surface area (Å²) in [5.74, 6) is 0.767. The van der Waals surface area contributed by atoms with Crippen LogP contribution in [0, 0.1) is 3.57 Å². The molecule has 17 heavy (non-hydrogen) atoms. The van der Waals surface area contributed by atoms with Crippen molar-refractivity contribution in [3.05, 3.63) is 32.9 Å². The van der Waals surface area contributed by atoms with Gasteiger partial charge in [-0.1, -0.05) is 31.4 Å². The molecule has 0 atom stereocenters. The zero-order valence-electron chi connectivity index (χ0n) is 9.99. The van der Waals surface area contributed by atoms with Crippen molar-refractivity contribution in [1.82, 2.24) is 0 Å². The molecule has 0 aliphatic heterocycles. The fourth-order valence-corrected chi connectivity index (χ4v) is 3.55. The molecule has 1 aliphatic carbocycles. The summed E-state index contributed by atoms with van der Waals surface area (Å²) in [6.45, 7) is 3.83. The highest BCUT2D eigenvalue weighted by molar-refractivity contribution is 14.1. The first kappa shape index (κ1) is 12.9. The Morgan fingerprint density at radius 2 is 2.06 bits per heavy atom. The lowest BCUT2D eigenvalue weighted by Gasteiger charge is -2.23. The topological polar surface area (TPSA) is 21.6 Å². The summed E-state index contributed by atoms with van der Waals surface area (Å²) in [7, 11) is 0. The molecule has 0 N–H and O–H groups in total. The van der Waals surface area contributed by atoms with E-state index in [1.165, 1.54) is 46.8 Å². The van der Waals surface area contributed by atoms with Crippen LogP contribution in [0.1, 0.15) is 49.1 Å². The summed E-state index contributed by atoms with van der Waals surface area (Å²) in [5.41, 5.74) is 2.68. The Labute approximate surface area is 117 Å². The Morgan fingerprint density at radius 3 is 2.71 bits per heavy atom. The second-order valence-corrected chi connectivity index (χ2v) is 5.76. The molecule has 0 radical (unpaired) electrons. The molecule has 0 bridgehead atoms. The quantitative estimate of drug-likeness (QED) is 0.449. The SMILES string of the molecule is C=NOCc1ccc(C2CCCCC2)c(I)c1. The fourth-order valence-electron chi connectivity index (χ4n) is 2.53. The zero-order chi connectivity index (χ0) is 12.1. The molecule has 2 nitrogen and oxygen atoms in total. The van der Waals surface area contributed by atoms with Crippen molar-refractivity contribution >= 4 is 29.3 Å². The highest BCUT2D eigenvalue weighted by atomic mass is 127. The van der Waals surface area contributed by atoms with Crippen molar-refractivity contribution in [3.63, 3.8) is 0 Å². The van der Waals surface area contributed by atoms with Gasteiger partial charge in [-0.2, -0.15) is 0 Å². The largest absolute Gasteiger partial charge is 0.391 e. The van der Waals surface area contributed by atoms with Crippen LogP contribution in [0.5, 0.6) is 0 Å². The Bertz CT molecular complexity index is 386. The second-order valence-electron chi connectivity index (χ2n) is 4.59. The molecule has 1 aromatic rings. The average Bonchev–Trinajstić information content (AvgIpc) is 2.37. The molecule has 0 aromatic heterocycles. The highest BCUT2D eigenvalue weighted by Crippen LogP contribution is 2.35. The van der Waals surface area contributed by atoms with Crippen LogP contribution in [0.15, 0.2) is 23.4 Å². The Balaban J connectivity index is 2.10. The van der Waals surface area contributed by atoms with E-state index in [1.54, 1.807) is 0 Å². The van der Waals surface area contributed by atoms with Gasteiger partial charge in [-0.3, -0.25) is 0 Å². The van der Waals surface area contributed by atoms with Crippen LogP contribution in [-0.4, -0.2) is 6.72 Å². The van der Waals surface area contributed by atoms with Crippen LogP contribution >= 0.6 is 22.6 Å². The number of hydrogen-bond donors (Lipinski definition) is 0. The molecule has 1 aromatic carbocycles. The Kier molecular flexibility index (Phi) is 4.83. The predicted molar refractivity (Wildman–Crippen MR) is 79.3 cm³/mol. The molecule has 0 amide bonds. The molecule has 0 saturated heterocycles. The highest BCUT2D eigenvalue weighted by Gasteiger charge is 2.17. The molecule has 0 heterocycles. The summed E-state index contributed by atoms with van der Waals surface area (Å²) < 4.78 is 1.36. The van der Waals surface area contributed by atoms with Gasteiger partial charge in [0.25, 0.3) is 0 Å². The van der Waals surface area contributed by atoms with Gasteiger partial charge in [-0.15, -0.1) is 5.16 Å². The van der Waals surface area contributed by atoms with E-state index in [2.05, 4.69) is 52.7 Å². The standard InChI is InChI=1S/C14H18INO/c1-16-17-10-11-7-8-13(14(15)9-11)12-5-3-2-4-6-12/h7-9,12H,1-6,10H2. The molecule has 1 fully saturated rings. The lowest BCUT2D eigenvalue weighted by atomic mass is 9.84. The normalized spacial score (nSPS) is 16.8. The third-order valence-electron chi connectivity index (χ3n) is 3.43. The van der Waals surface area contributed by atoms with Crippen molar-refractivity contribution in [1.29, 1.82) is 0 Å². The minimum absolute atomic E-state index is 0.518. The van der Waals surface area contributed by atoms with Crippen LogP contribution in [0.2, 0.25) is 0 Å². The maximum Gasteiger partial charge on any atom is 0.142 e. The van der Waals surface area contributed by atoms with Crippen LogP contribution in [0.3, 0.4) is 0 Å². The predicted octanol–water partition coefficient (Wildman–Crippen LogP) is 4.47. The van der Waals surface area contributed by atoms with Crippen LogP contribution in [0.25, 0.3) is 0 Å². The first-order valence-corrected chi connectivity index (χ1v) is 7.25. The molecular formula is C14H18INO. The molecule has 0 spiro atoms. The number of nitrogens with zero attached hydrogens (tertiary/aromatic N) is 1. The molecule has 92 valence electrons. The molecular weight excluding hydrogens is 325 g/mol. The van der Waals surface area contributed by atoms with Crippen LogP contribution in [-0.2, 0) is 11.4 Å². The molecule has 1 aliphatic rings. The third-order valence-corrected chi connectivity index (χ3v) is 4.37. The smallest absolute Gasteiger partial charge is 0.142 e. The van der Waals surface area contributed by atoms with Crippen molar-refractivity contribution in [2.45, 2.75) is 44.6 Å². The van der Waals surface area contributed by atoms with Gasteiger partial charge in [-0.05, 0) is 58.5 Å². The van der Waals surface area contributed by atoms with Gasteiger partial charge in [0.05, 0.1) is 0 Å². The van der Waals surface area contributed by atoms with Gasteiger partial charge in [0.1, 0.15) is 6.61 Å². The molecule has 0 unspecified atom stereocenters. The number of hydrogen-bond acceptors (Lipinski definition) is 2. The Hall–Kier alpha value is -0.580. The van der Waals surface area contributed by atoms with Crippen molar-refractivity contribution in [2.24, 2.45) is 5.16 Å². The number of rotatable bonds is 4. The zero-order valence-corrected chi connectivity index (χ0v) is 12.2. The van der Waals surface area contributed by atoms with E-state index >= 15 is 0 Å². The minimum atomic E-state index is 0.518. The summed E-state index contributed by atoms with van der Waals surface area (Å²) in [6.07, 6.45) is 6.86. The van der Waals surface area contributed by atoms with E-state index in [1.807, 2.05) is 0 Å². The van der Waals surface area contributed by atoms with Crippen molar-refractivity contribution in [2.75, 3.05) is 0 Å². The molecule has 1 saturated carbocycles. The first-order valence-electron chi connectivity index (χ1n) is 6.17. The molecule has 3 heteroatoms. The summed E-state index contributed by atoms with van der Waals surface area (Å²) in [4.78, 5) is 4.97. The maximum atomic E-state index is 4.97. The van der Waals surface area contributed by atoms with E-state index in [4.69, 9.17) is 4.84 Å². The lowest BCUT2D eigenvalue weighted by Crippen LogP contribution is -2.06. The van der Waals surface area contributed by atoms with E-state index in [-0.39, 0.29) is 0 Å². The fraction of sp³-hybridized carbons (Fsp3) is 0.500.